The van der Waals surface area contributed by atoms with Gasteiger partial charge >= 0.3 is 0 Å². The third-order valence-electron chi connectivity index (χ3n) is 2.46. The van der Waals surface area contributed by atoms with Crippen LogP contribution in [-0.4, -0.2) is 24.0 Å². The van der Waals surface area contributed by atoms with Crippen molar-refractivity contribution >= 4 is 11.7 Å². The first-order valence-electron chi connectivity index (χ1n) is 6.22. The van der Waals surface area contributed by atoms with Crippen molar-refractivity contribution in [3.63, 3.8) is 0 Å². The zero-order valence-corrected chi connectivity index (χ0v) is 11.1. The molecule has 1 aromatic rings. The van der Waals surface area contributed by atoms with Gasteiger partial charge in [-0.05, 0) is 24.5 Å². The van der Waals surface area contributed by atoms with Crippen molar-refractivity contribution in [3.8, 4) is 0 Å². The van der Waals surface area contributed by atoms with Crippen molar-refractivity contribution in [3.05, 3.63) is 36.5 Å². The van der Waals surface area contributed by atoms with Crippen molar-refractivity contribution < 1.29 is 4.79 Å². The van der Waals surface area contributed by atoms with Crippen LogP contribution < -0.4 is 10.6 Å². The van der Waals surface area contributed by atoms with Gasteiger partial charge in [-0.3, -0.25) is 4.79 Å². The van der Waals surface area contributed by atoms with E-state index in [-0.39, 0.29) is 5.91 Å². The average Bonchev–Trinajstić information content (AvgIpc) is 2.36. The van der Waals surface area contributed by atoms with Crippen LogP contribution in [0.15, 0.2) is 31.0 Å². The lowest BCUT2D eigenvalue weighted by atomic mass is 10.1. The highest BCUT2D eigenvalue weighted by Gasteiger charge is 2.04. The SMILES string of the molecule is C=CCNC(=O)c1ccc(NCCC(C)C)nc1. The van der Waals surface area contributed by atoms with Gasteiger partial charge in [-0.25, -0.2) is 4.98 Å². The van der Waals surface area contributed by atoms with Crippen LogP contribution in [-0.2, 0) is 0 Å². The molecule has 0 spiro atoms. The first kappa shape index (κ1) is 14.2. The van der Waals surface area contributed by atoms with E-state index in [1.54, 1.807) is 18.3 Å². The number of carbonyl (C=O) groups excluding carboxylic acids is 1. The molecule has 4 nitrogen and oxygen atoms in total. The molecule has 4 heteroatoms. The molecule has 0 fully saturated rings. The topological polar surface area (TPSA) is 54.0 Å². The lowest BCUT2D eigenvalue weighted by molar-refractivity contribution is 0.0957. The number of hydrogen-bond acceptors (Lipinski definition) is 3. The highest BCUT2D eigenvalue weighted by atomic mass is 16.1. The quantitative estimate of drug-likeness (QED) is 0.728. The van der Waals surface area contributed by atoms with Crippen LogP contribution in [0.25, 0.3) is 0 Å². The number of nitrogens with zero attached hydrogens (tertiary/aromatic N) is 1. The molecule has 0 aromatic carbocycles. The minimum Gasteiger partial charge on any atom is -0.370 e. The number of carbonyl (C=O) groups is 1. The van der Waals surface area contributed by atoms with E-state index in [0.29, 0.717) is 18.0 Å². The number of anilines is 1. The number of aromatic nitrogens is 1. The molecule has 1 heterocycles. The van der Waals surface area contributed by atoms with Crippen molar-refractivity contribution in [2.45, 2.75) is 20.3 Å². The highest BCUT2D eigenvalue weighted by Crippen LogP contribution is 2.06. The average molecular weight is 247 g/mol. The number of amides is 1. The fraction of sp³-hybridized carbons (Fsp3) is 0.429. The van der Waals surface area contributed by atoms with E-state index in [1.165, 1.54) is 0 Å². The second-order valence-electron chi connectivity index (χ2n) is 4.54. The summed E-state index contributed by atoms with van der Waals surface area (Å²) in [5, 5.41) is 5.94. The van der Waals surface area contributed by atoms with Gasteiger partial charge in [0.2, 0.25) is 0 Å². The Labute approximate surface area is 109 Å². The maximum atomic E-state index is 11.6. The summed E-state index contributed by atoms with van der Waals surface area (Å²) < 4.78 is 0. The molecule has 1 rings (SSSR count). The van der Waals surface area contributed by atoms with Crippen LogP contribution in [0.4, 0.5) is 5.82 Å². The summed E-state index contributed by atoms with van der Waals surface area (Å²) in [6.45, 7) is 9.27. The van der Waals surface area contributed by atoms with Crippen LogP contribution in [0, 0.1) is 5.92 Å². The molecule has 18 heavy (non-hydrogen) atoms. The number of pyridine rings is 1. The molecule has 0 atom stereocenters. The van der Waals surface area contributed by atoms with Crippen LogP contribution >= 0.6 is 0 Å². The normalized spacial score (nSPS) is 10.2. The van der Waals surface area contributed by atoms with E-state index in [2.05, 4.69) is 36.0 Å². The van der Waals surface area contributed by atoms with Crippen LogP contribution in [0.3, 0.4) is 0 Å². The van der Waals surface area contributed by atoms with E-state index in [1.807, 2.05) is 6.07 Å². The Balaban J connectivity index is 2.46. The smallest absolute Gasteiger partial charge is 0.253 e. The molecule has 0 bridgehead atoms. The molecule has 0 radical (unpaired) electrons. The fourth-order valence-corrected chi connectivity index (χ4v) is 1.39. The second-order valence-corrected chi connectivity index (χ2v) is 4.54. The first-order chi connectivity index (χ1) is 8.63. The fourth-order valence-electron chi connectivity index (χ4n) is 1.39. The molecule has 0 aliphatic carbocycles. The zero-order valence-electron chi connectivity index (χ0n) is 11.1. The Hall–Kier alpha value is -1.84. The third-order valence-corrected chi connectivity index (χ3v) is 2.46. The monoisotopic (exact) mass is 247 g/mol. The van der Waals surface area contributed by atoms with Gasteiger partial charge in [-0.2, -0.15) is 0 Å². The molecule has 0 aliphatic rings. The summed E-state index contributed by atoms with van der Waals surface area (Å²) in [5.74, 6) is 1.34. The van der Waals surface area contributed by atoms with Gasteiger partial charge in [0.15, 0.2) is 0 Å². The molecule has 0 unspecified atom stereocenters. The van der Waals surface area contributed by atoms with Crippen molar-refractivity contribution in [1.82, 2.24) is 10.3 Å². The minimum atomic E-state index is -0.129. The first-order valence-corrected chi connectivity index (χ1v) is 6.22. The Morgan fingerprint density at radius 1 is 1.50 bits per heavy atom. The van der Waals surface area contributed by atoms with Crippen molar-refractivity contribution in [2.75, 3.05) is 18.4 Å². The van der Waals surface area contributed by atoms with Gasteiger partial charge in [0.05, 0.1) is 5.56 Å². The standard InChI is InChI=1S/C14H21N3O/c1-4-8-16-14(18)12-5-6-13(17-10-12)15-9-7-11(2)3/h4-6,10-11H,1,7-9H2,2-3H3,(H,15,17)(H,16,18). The predicted molar refractivity (Wildman–Crippen MR) is 74.7 cm³/mol. The number of hydrogen-bond donors (Lipinski definition) is 2. The lowest BCUT2D eigenvalue weighted by Crippen LogP contribution is -2.23. The molecule has 0 saturated carbocycles. The van der Waals surface area contributed by atoms with Crippen molar-refractivity contribution in [2.24, 2.45) is 5.92 Å². The largest absolute Gasteiger partial charge is 0.370 e. The summed E-state index contributed by atoms with van der Waals surface area (Å²) in [7, 11) is 0. The predicted octanol–water partition coefficient (Wildman–Crippen LogP) is 2.46. The van der Waals surface area contributed by atoms with Gasteiger partial charge in [0, 0.05) is 19.3 Å². The number of rotatable bonds is 7. The molecule has 2 N–H and O–H groups in total. The minimum absolute atomic E-state index is 0.129. The van der Waals surface area contributed by atoms with Gasteiger partial charge in [-0.15, -0.1) is 6.58 Å². The summed E-state index contributed by atoms with van der Waals surface area (Å²) in [6.07, 6.45) is 4.33. The lowest BCUT2D eigenvalue weighted by Gasteiger charge is -2.08. The highest BCUT2D eigenvalue weighted by molar-refractivity contribution is 5.94. The summed E-state index contributed by atoms with van der Waals surface area (Å²) in [5.41, 5.74) is 0.561. The maximum absolute atomic E-state index is 11.6. The Bertz CT molecular complexity index is 385. The molecule has 1 amide bonds. The molecular weight excluding hydrogens is 226 g/mol. The van der Waals surface area contributed by atoms with E-state index in [4.69, 9.17) is 0 Å². The van der Waals surface area contributed by atoms with E-state index in [9.17, 15) is 4.79 Å². The molecule has 0 aliphatic heterocycles. The Morgan fingerprint density at radius 3 is 2.83 bits per heavy atom. The van der Waals surface area contributed by atoms with E-state index < -0.39 is 0 Å². The molecule has 98 valence electrons. The van der Waals surface area contributed by atoms with E-state index in [0.717, 1.165) is 18.8 Å². The third kappa shape index (κ3) is 4.99. The summed E-state index contributed by atoms with van der Waals surface area (Å²) >= 11 is 0. The van der Waals surface area contributed by atoms with Crippen LogP contribution in [0.5, 0.6) is 0 Å². The summed E-state index contributed by atoms with van der Waals surface area (Å²) in [6, 6.07) is 3.59. The van der Waals surface area contributed by atoms with Crippen LogP contribution in [0.1, 0.15) is 30.6 Å². The van der Waals surface area contributed by atoms with E-state index >= 15 is 0 Å². The second kappa shape index (κ2) is 7.48. The molecular formula is C14H21N3O. The molecule has 0 saturated heterocycles. The molecule has 1 aromatic heterocycles. The number of nitrogens with one attached hydrogen (secondary N) is 2. The maximum Gasteiger partial charge on any atom is 0.253 e. The summed E-state index contributed by atoms with van der Waals surface area (Å²) in [4.78, 5) is 15.8. The Kier molecular flexibility index (Phi) is 5.91. The van der Waals surface area contributed by atoms with Crippen LogP contribution in [0.2, 0.25) is 0 Å². The Morgan fingerprint density at radius 2 is 2.28 bits per heavy atom. The van der Waals surface area contributed by atoms with Gasteiger partial charge in [0.25, 0.3) is 5.91 Å². The zero-order chi connectivity index (χ0) is 13.4. The van der Waals surface area contributed by atoms with Crippen molar-refractivity contribution in [1.29, 1.82) is 0 Å². The van der Waals surface area contributed by atoms with Gasteiger partial charge in [-0.1, -0.05) is 19.9 Å². The van der Waals surface area contributed by atoms with Gasteiger partial charge in [0.1, 0.15) is 5.82 Å². The van der Waals surface area contributed by atoms with Gasteiger partial charge < -0.3 is 10.6 Å².